The number of thiophene rings is 1. The molecule has 0 aliphatic carbocycles. The average molecular weight is 379 g/mol. The van der Waals surface area contributed by atoms with Crippen LogP contribution in [0.5, 0.6) is 5.75 Å². The van der Waals surface area contributed by atoms with Crippen molar-refractivity contribution in [1.82, 2.24) is 30.4 Å². The van der Waals surface area contributed by atoms with Crippen LogP contribution in [0.4, 0.5) is 11.6 Å². The van der Waals surface area contributed by atoms with Crippen LogP contribution >= 0.6 is 11.3 Å². The minimum Gasteiger partial charge on any atom is -0.497 e. The van der Waals surface area contributed by atoms with Crippen LogP contribution in [-0.2, 0) is 0 Å². The van der Waals surface area contributed by atoms with Gasteiger partial charge in [-0.1, -0.05) is 23.3 Å². The molecule has 0 spiro atoms. The van der Waals surface area contributed by atoms with Gasteiger partial charge in [0.15, 0.2) is 0 Å². The molecule has 27 heavy (non-hydrogen) atoms. The maximum absolute atomic E-state index is 12.5. The maximum atomic E-state index is 12.5. The first kappa shape index (κ1) is 15.7. The summed E-state index contributed by atoms with van der Waals surface area (Å²) >= 11 is 1.55. The summed E-state index contributed by atoms with van der Waals surface area (Å²) in [5, 5.41) is 23.8. The molecule has 3 aromatic heterocycles. The summed E-state index contributed by atoms with van der Waals surface area (Å²) in [6.07, 6.45) is 0. The number of hydrogen-bond acceptors (Lipinski definition) is 8. The highest BCUT2D eigenvalue weighted by Gasteiger charge is 2.34. The van der Waals surface area contributed by atoms with Crippen LogP contribution in [0, 0.1) is 0 Å². The molecule has 0 unspecified atom stereocenters. The Morgan fingerprint density at radius 3 is 3.00 bits per heavy atom. The van der Waals surface area contributed by atoms with Gasteiger partial charge < -0.3 is 10.1 Å². The number of aromatic nitrogens is 6. The molecular formula is C17H13N7O2S. The van der Waals surface area contributed by atoms with Gasteiger partial charge >= 0.3 is 0 Å². The zero-order valence-corrected chi connectivity index (χ0v) is 14.9. The summed E-state index contributed by atoms with van der Waals surface area (Å²) in [7, 11) is 1.61. The van der Waals surface area contributed by atoms with Gasteiger partial charge in [-0.2, -0.15) is 9.78 Å². The largest absolute Gasteiger partial charge is 0.497 e. The average Bonchev–Trinajstić information content (AvgIpc) is 3.39. The number of benzene rings is 1. The summed E-state index contributed by atoms with van der Waals surface area (Å²) < 4.78 is 7.02. The fourth-order valence-corrected chi connectivity index (χ4v) is 3.99. The van der Waals surface area contributed by atoms with Crippen LogP contribution in [0.3, 0.4) is 0 Å². The van der Waals surface area contributed by atoms with E-state index in [1.807, 2.05) is 41.8 Å². The highest BCUT2D eigenvalue weighted by atomic mass is 32.1. The second kappa shape index (κ2) is 6.02. The fraction of sp³-hybridized carbons (Fsp3) is 0.118. The normalized spacial score (nSPS) is 14.9. The third kappa shape index (κ3) is 2.41. The van der Waals surface area contributed by atoms with Gasteiger partial charge in [-0.05, 0) is 39.6 Å². The highest BCUT2D eigenvalue weighted by molar-refractivity contribution is 7.13. The van der Waals surface area contributed by atoms with E-state index in [4.69, 9.17) is 4.74 Å². The molecular weight excluding hydrogens is 366 g/mol. The lowest BCUT2D eigenvalue weighted by atomic mass is 9.94. The second-order valence-electron chi connectivity index (χ2n) is 5.92. The SMILES string of the molecule is COc1cccc([C@@H]2c3c(-c4cccs4)n[nH]c(=O)c3Nc3nnnn32)c1. The zero-order chi connectivity index (χ0) is 18.4. The van der Waals surface area contributed by atoms with Gasteiger partial charge in [-0.3, -0.25) is 4.79 Å². The molecule has 0 saturated heterocycles. The molecule has 1 aliphatic heterocycles. The molecule has 0 bridgehead atoms. The van der Waals surface area contributed by atoms with Gasteiger partial charge in [0.25, 0.3) is 5.56 Å². The van der Waals surface area contributed by atoms with Gasteiger partial charge in [-0.25, -0.2) is 5.10 Å². The standard InChI is InChI=1S/C17H13N7O2S/c1-26-10-5-2-4-9(8-10)15-12-13(11-6-3-7-27-11)19-20-16(25)14(12)18-17-21-22-23-24(15)17/h2-8,15H,1H3,(H,20,25)(H,18,21,23)/t15-/m1/s1. The Morgan fingerprint density at radius 1 is 1.26 bits per heavy atom. The Bertz CT molecular complexity index is 1180. The van der Waals surface area contributed by atoms with E-state index in [-0.39, 0.29) is 5.56 Å². The zero-order valence-electron chi connectivity index (χ0n) is 14.1. The van der Waals surface area contributed by atoms with Gasteiger partial charge in [0.2, 0.25) is 5.95 Å². The van der Waals surface area contributed by atoms with Crippen molar-refractivity contribution >= 4 is 23.0 Å². The Labute approximate surface area is 156 Å². The lowest BCUT2D eigenvalue weighted by molar-refractivity contribution is 0.413. The number of fused-ring (bicyclic) bond motifs is 2. The van der Waals surface area contributed by atoms with Crippen LogP contribution in [0.25, 0.3) is 10.6 Å². The number of anilines is 2. The van der Waals surface area contributed by atoms with Crippen molar-refractivity contribution < 1.29 is 4.74 Å². The number of aromatic amines is 1. The van der Waals surface area contributed by atoms with Gasteiger partial charge in [0.1, 0.15) is 23.2 Å². The van der Waals surface area contributed by atoms with Crippen LogP contribution in [0.2, 0.25) is 0 Å². The van der Waals surface area contributed by atoms with Crippen molar-refractivity contribution in [2.75, 3.05) is 12.4 Å². The first-order valence-corrected chi connectivity index (χ1v) is 8.99. The molecule has 5 rings (SSSR count). The van der Waals surface area contributed by atoms with E-state index in [0.717, 1.165) is 10.4 Å². The predicted molar refractivity (Wildman–Crippen MR) is 99.5 cm³/mol. The summed E-state index contributed by atoms with van der Waals surface area (Å²) in [5.74, 6) is 1.10. The van der Waals surface area contributed by atoms with Crippen LogP contribution in [0.15, 0.2) is 46.6 Å². The van der Waals surface area contributed by atoms with Gasteiger partial charge in [0, 0.05) is 5.56 Å². The van der Waals surface area contributed by atoms with E-state index >= 15 is 0 Å². The van der Waals surface area contributed by atoms with E-state index in [2.05, 4.69) is 31.0 Å². The second-order valence-corrected chi connectivity index (χ2v) is 6.87. The third-order valence-corrected chi connectivity index (χ3v) is 5.31. The van der Waals surface area contributed by atoms with Crippen molar-refractivity contribution in [3.63, 3.8) is 0 Å². The number of hydrogen-bond donors (Lipinski definition) is 2. The van der Waals surface area contributed by atoms with Gasteiger partial charge in [-0.15, -0.1) is 11.3 Å². The highest BCUT2D eigenvalue weighted by Crippen LogP contribution is 2.42. The van der Waals surface area contributed by atoms with E-state index in [9.17, 15) is 4.79 Å². The van der Waals surface area contributed by atoms with E-state index < -0.39 is 6.04 Å². The molecule has 4 heterocycles. The summed E-state index contributed by atoms with van der Waals surface area (Å²) in [5.41, 5.74) is 2.35. The molecule has 1 aliphatic rings. The number of rotatable bonds is 3. The quantitative estimate of drug-likeness (QED) is 0.494. The summed E-state index contributed by atoms with van der Waals surface area (Å²) in [6.45, 7) is 0. The van der Waals surface area contributed by atoms with Crippen molar-refractivity contribution in [1.29, 1.82) is 0 Å². The number of tetrazole rings is 1. The van der Waals surface area contributed by atoms with Crippen LogP contribution < -0.4 is 15.6 Å². The molecule has 0 fully saturated rings. The first-order valence-electron chi connectivity index (χ1n) is 8.11. The predicted octanol–water partition coefficient (Wildman–Crippen LogP) is 2.19. The number of nitrogens with zero attached hydrogens (tertiary/aromatic N) is 5. The van der Waals surface area contributed by atoms with Crippen LogP contribution in [-0.4, -0.2) is 37.5 Å². The molecule has 0 saturated carbocycles. The Balaban J connectivity index is 1.83. The summed E-state index contributed by atoms with van der Waals surface area (Å²) in [4.78, 5) is 13.5. The number of methoxy groups -OCH3 is 1. The maximum Gasteiger partial charge on any atom is 0.288 e. The minimum atomic E-state index is -0.423. The molecule has 1 atom stereocenters. The molecule has 10 heteroatoms. The smallest absolute Gasteiger partial charge is 0.288 e. The van der Waals surface area contributed by atoms with Crippen molar-refractivity contribution in [3.8, 4) is 16.3 Å². The minimum absolute atomic E-state index is 0.326. The van der Waals surface area contributed by atoms with E-state index in [0.29, 0.717) is 28.6 Å². The third-order valence-electron chi connectivity index (χ3n) is 4.43. The molecule has 0 amide bonds. The fourth-order valence-electron chi connectivity index (χ4n) is 3.26. The monoisotopic (exact) mass is 379 g/mol. The van der Waals surface area contributed by atoms with Crippen LogP contribution in [0.1, 0.15) is 17.2 Å². The van der Waals surface area contributed by atoms with Crippen molar-refractivity contribution in [2.45, 2.75) is 6.04 Å². The molecule has 2 N–H and O–H groups in total. The molecule has 9 nitrogen and oxygen atoms in total. The number of H-pyrrole nitrogens is 1. The Kier molecular flexibility index (Phi) is 3.50. The molecule has 1 aromatic carbocycles. The summed E-state index contributed by atoms with van der Waals surface area (Å²) in [6, 6.07) is 11.1. The topological polar surface area (TPSA) is 111 Å². The Morgan fingerprint density at radius 2 is 2.19 bits per heavy atom. The first-order chi connectivity index (χ1) is 13.3. The lowest BCUT2D eigenvalue weighted by Gasteiger charge is -2.27. The number of ether oxygens (including phenoxy) is 1. The molecule has 4 aromatic rings. The van der Waals surface area contributed by atoms with E-state index in [1.54, 1.807) is 23.1 Å². The van der Waals surface area contributed by atoms with Crippen molar-refractivity contribution in [2.24, 2.45) is 0 Å². The Hall–Kier alpha value is -3.53. The lowest BCUT2D eigenvalue weighted by Crippen LogP contribution is -2.29. The van der Waals surface area contributed by atoms with Crippen molar-refractivity contribution in [3.05, 3.63) is 63.3 Å². The number of nitrogens with one attached hydrogen (secondary N) is 2. The van der Waals surface area contributed by atoms with E-state index in [1.165, 1.54) is 0 Å². The van der Waals surface area contributed by atoms with Gasteiger partial charge in [0.05, 0.1) is 12.0 Å². The molecule has 134 valence electrons. The molecule has 0 radical (unpaired) electrons.